The van der Waals surface area contributed by atoms with Gasteiger partial charge in [-0.1, -0.05) is 23.8 Å². The van der Waals surface area contributed by atoms with Crippen molar-refractivity contribution >= 4 is 35.0 Å². The summed E-state index contributed by atoms with van der Waals surface area (Å²) in [5.74, 6) is 0.510. The average Bonchev–Trinajstić information content (AvgIpc) is 3.40. The predicted molar refractivity (Wildman–Crippen MR) is 98.3 cm³/mol. The van der Waals surface area contributed by atoms with Gasteiger partial charge in [0.25, 0.3) is 0 Å². The molecule has 1 aliphatic carbocycles. The standard InChI is InChI=1S/C19H20N2O2S/c1-13-5-9-17(10-6-13)24-12-18(22)20-15-3-2-4-16(11-15)21-19(23)14-7-8-14/h2-6,9-11,14H,7-8,12H2,1H3,(H,20,22)(H,21,23). The van der Waals surface area contributed by atoms with Gasteiger partial charge in [-0.2, -0.15) is 0 Å². The summed E-state index contributed by atoms with van der Waals surface area (Å²) in [6, 6.07) is 15.4. The van der Waals surface area contributed by atoms with Crippen LogP contribution in [0, 0.1) is 12.8 Å². The summed E-state index contributed by atoms with van der Waals surface area (Å²) in [6.45, 7) is 2.04. The quantitative estimate of drug-likeness (QED) is 0.779. The maximum Gasteiger partial charge on any atom is 0.234 e. The van der Waals surface area contributed by atoms with Gasteiger partial charge >= 0.3 is 0 Å². The third-order valence-corrected chi connectivity index (χ3v) is 4.76. The molecule has 4 nitrogen and oxygen atoms in total. The van der Waals surface area contributed by atoms with Crippen molar-refractivity contribution in [3.8, 4) is 0 Å². The Kier molecular flexibility index (Phi) is 5.20. The van der Waals surface area contributed by atoms with E-state index >= 15 is 0 Å². The van der Waals surface area contributed by atoms with Gasteiger partial charge in [-0.15, -0.1) is 11.8 Å². The molecule has 0 radical (unpaired) electrons. The smallest absolute Gasteiger partial charge is 0.234 e. The van der Waals surface area contributed by atoms with Crippen molar-refractivity contribution in [2.24, 2.45) is 5.92 Å². The van der Waals surface area contributed by atoms with Crippen molar-refractivity contribution in [1.29, 1.82) is 0 Å². The first-order chi connectivity index (χ1) is 11.6. The number of rotatable bonds is 6. The minimum Gasteiger partial charge on any atom is -0.326 e. The lowest BCUT2D eigenvalue weighted by atomic mass is 10.2. The van der Waals surface area contributed by atoms with Gasteiger partial charge < -0.3 is 10.6 Å². The summed E-state index contributed by atoms with van der Waals surface area (Å²) in [5, 5.41) is 5.76. The Bertz CT molecular complexity index is 739. The number of carbonyl (C=O) groups is 2. The molecule has 0 bridgehead atoms. The minimum absolute atomic E-state index is 0.0633. The van der Waals surface area contributed by atoms with Gasteiger partial charge in [0.2, 0.25) is 11.8 Å². The van der Waals surface area contributed by atoms with Crippen molar-refractivity contribution in [3.05, 3.63) is 54.1 Å². The fraction of sp³-hybridized carbons (Fsp3) is 0.263. The largest absolute Gasteiger partial charge is 0.326 e. The van der Waals surface area contributed by atoms with Gasteiger partial charge in [0, 0.05) is 22.2 Å². The van der Waals surface area contributed by atoms with Gasteiger partial charge in [0.1, 0.15) is 0 Å². The van der Waals surface area contributed by atoms with E-state index in [0.29, 0.717) is 11.4 Å². The third kappa shape index (κ3) is 4.86. The molecule has 5 heteroatoms. The number of aryl methyl sites for hydroxylation is 1. The van der Waals surface area contributed by atoms with Crippen LogP contribution in [0.2, 0.25) is 0 Å². The topological polar surface area (TPSA) is 58.2 Å². The lowest BCUT2D eigenvalue weighted by molar-refractivity contribution is -0.117. The molecule has 2 aromatic rings. The zero-order valence-electron chi connectivity index (χ0n) is 13.5. The van der Waals surface area contributed by atoms with E-state index in [1.807, 2.05) is 49.4 Å². The fourth-order valence-electron chi connectivity index (χ4n) is 2.24. The predicted octanol–water partition coefficient (Wildman–Crippen LogP) is 4.07. The molecule has 0 heterocycles. The van der Waals surface area contributed by atoms with Crippen LogP contribution >= 0.6 is 11.8 Å². The number of carbonyl (C=O) groups excluding carboxylic acids is 2. The van der Waals surface area contributed by atoms with Gasteiger partial charge in [0.05, 0.1) is 5.75 Å². The average molecular weight is 340 g/mol. The Morgan fingerprint density at radius 3 is 2.38 bits per heavy atom. The number of anilines is 2. The summed E-state index contributed by atoms with van der Waals surface area (Å²) < 4.78 is 0. The van der Waals surface area contributed by atoms with E-state index in [4.69, 9.17) is 0 Å². The SMILES string of the molecule is Cc1ccc(SCC(=O)Nc2cccc(NC(=O)C3CC3)c2)cc1. The van der Waals surface area contributed by atoms with Crippen LogP contribution in [0.15, 0.2) is 53.4 Å². The van der Waals surface area contributed by atoms with Gasteiger partial charge in [-0.3, -0.25) is 9.59 Å². The molecule has 124 valence electrons. The summed E-state index contributed by atoms with van der Waals surface area (Å²) in [5.41, 5.74) is 2.61. The molecule has 0 unspecified atom stereocenters. The molecule has 1 aliphatic rings. The molecule has 0 atom stereocenters. The van der Waals surface area contributed by atoms with E-state index in [1.54, 1.807) is 6.07 Å². The molecule has 2 amide bonds. The lowest BCUT2D eigenvalue weighted by Crippen LogP contribution is -2.15. The molecule has 0 aliphatic heterocycles. The number of nitrogens with one attached hydrogen (secondary N) is 2. The van der Waals surface area contributed by atoms with E-state index in [1.165, 1.54) is 17.3 Å². The van der Waals surface area contributed by atoms with E-state index in [9.17, 15) is 9.59 Å². The van der Waals surface area contributed by atoms with E-state index < -0.39 is 0 Å². The first-order valence-electron chi connectivity index (χ1n) is 8.00. The Morgan fingerprint density at radius 2 is 1.71 bits per heavy atom. The summed E-state index contributed by atoms with van der Waals surface area (Å²) in [6.07, 6.45) is 1.94. The first kappa shape index (κ1) is 16.6. The van der Waals surface area contributed by atoms with Crippen molar-refractivity contribution in [3.63, 3.8) is 0 Å². The number of hydrogen-bond donors (Lipinski definition) is 2. The molecule has 0 spiro atoms. The van der Waals surface area contributed by atoms with Crippen LogP contribution in [-0.4, -0.2) is 17.6 Å². The van der Waals surface area contributed by atoms with Crippen LogP contribution in [-0.2, 0) is 9.59 Å². The number of thioether (sulfide) groups is 1. The van der Waals surface area contributed by atoms with Crippen LogP contribution < -0.4 is 10.6 Å². The van der Waals surface area contributed by atoms with Crippen LogP contribution in [0.4, 0.5) is 11.4 Å². The van der Waals surface area contributed by atoms with Crippen LogP contribution in [0.25, 0.3) is 0 Å². The zero-order valence-corrected chi connectivity index (χ0v) is 14.4. The molecule has 1 saturated carbocycles. The monoisotopic (exact) mass is 340 g/mol. The van der Waals surface area contributed by atoms with E-state index in [2.05, 4.69) is 10.6 Å². The molecule has 24 heavy (non-hydrogen) atoms. The zero-order chi connectivity index (χ0) is 16.9. The molecule has 0 saturated heterocycles. The molecule has 3 rings (SSSR count). The summed E-state index contributed by atoms with van der Waals surface area (Å²) >= 11 is 1.50. The Morgan fingerprint density at radius 1 is 1.04 bits per heavy atom. The van der Waals surface area contributed by atoms with Crippen molar-refractivity contribution < 1.29 is 9.59 Å². The molecule has 1 fully saturated rings. The van der Waals surface area contributed by atoms with Gasteiger partial charge in [0.15, 0.2) is 0 Å². The second-order valence-corrected chi connectivity index (χ2v) is 7.04. The van der Waals surface area contributed by atoms with Gasteiger partial charge in [-0.25, -0.2) is 0 Å². The van der Waals surface area contributed by atoms with Crippen molar-refractivity contribution in [2.75, 3.05) is 16.4 Å². The molecular formula is C19H20N2O2S. The highest BCUT2D eigenvalue weighted by Crippen LogP contribution is 2.30. The normalized spacial score (nSPS) is 13.4. The number of benzene rings is 2. The molecule has 2 N–H and O–H groups in total. The van der Waals surface area contributed by atoms with Crippen molar-refractivity contribution in [2.45, 2.75) is 24.7 Å². The molecule has 2 aromatic carbocycles. The Balaban J connectivity index is 1.51. The highest BCUT2D eigenvalue weighted by molar-refractivity contribution is 8.00. The maximum atomic E-state index is 12.1. The van der Waals surface area contributed by atoms with E-state index in [-0.39, 0.29) is 17.7 Å². The Labute approximate surface area is 146 Å². The molecule has 0 aromatic heterocycles. The third-order valence-electron chi connectivity index (χ3n) is 3.75. The van der Waals surface area contributed by atoms with Crippen LogP contribution in [0.3, 0.4) is 0 Å². The number of amides is 2. The summed E-state index contributed by atoms with van der Waals surface area (Å²) in [7, 11) is 0. The summed E-state index contributed by atoms with van der Waals surface area (Å²) in [4.78, 5) is 24.9. The minimum atomic E-state index is -0.0637. The Hall–Kier alpha value is -2.27. The second-order valence-electron chi connectivity index (χ2n) is 5.99. The van der Waals surface area contributed by atoms with E-state index in [0.717, 1.165) is 23.4 Å². The van der Waals surface area contributed by atoms with Crippen LogP contribution in [0.1, 0.15) is 18.4 Å². The maximum absolute atomic E-state index is 12.1. The highest BCUT2D eigenvalue weighted by atomic mass is 32.2. The number of hydrogen-bond acceptors (Lipinski definition) is 3. The highest BCUT2D eigenvalue weighted by Gasteiger charge is 2.29. The fourth-order valence-corrected chi connectivity index (χ4v) is 2.94. The first-order valence-corrected chi connectivity index (χ1v) is 8.99. The van der Waals surface area contributed by atoms with Gasteiger partial charge in [-0.05, 0) is 50.1 Å². The lowest BCUT2D eigenvalue weighted by Gasteiger charge is -2.09. The molecular weight excluding hydrogens is 320 g/mol. The second kappa shape index (κ2) is 7.53. The van der Waals surface area contributed by atoms with Crippen LogP contribution in [0.5, 0.6) is 0 Å². The van der Waals surface area contributed by atoms with Crippen molar-refractivity contribution in [1.82, 2.24) is 0 Å².